The molecule has 0 fully saturated rings. The Kier molecular flexibility index (Phi) is 3.48. The summed E-state index contributed by atoms with van der Waals surface area (Å²) in [4.78, 5) is 25.7. The summed E-state index contributed by atoms with van der Waals surface area (Å²) in [6, 6.07) is 23.0. The van der Waals surface area contributed by atoms with Crippen LogP contribution in [-0.2, 0) is 10.4 Å². The average Bonchev–Trinajstić information content (AvgIpc) is 2.67. The number of carbonyl (C=O) groups is 2. The first kappa shape index (κ1) is 15.3. The molecule has 122 valence electrons. The molecule has 0 spiro atoms. The molecular formula is C21H15NO3. The van der Waals surface area contributed by atoms with Gasteiger partial charge < -0.3 is 10.4 Å². The minimum Gasteiger partial charge on any atom is -0.369 e. The lowest BCUT2D eigenvalue weighted by atomic mass is 9.80. The van der Waals surface area contributed by atoms with E-state index >= 15 is 0 Å². The molecule has 0 saturated heterocycles. The lowest BCUT2D eigenvalue weighted by Crippen LogP contribution is -2.50. The highest BCUT2D eigenvalue weighted by Crippen LogP contribution is 2.39. The molecule has 4 nitrogen and oxygen atoms in total. The fourth-order valence-electron chi connectivity index (χ4n) is 3.18. The molecule has 1 aliphatic rings. The lowest BCUT2D eigenvalue weighted by Gasteiger charge is -2.32. The minimum absolute atomic E-state index is 0.258. The lowest BCUT2D eigenvalue weighted by molar-refractivity contribution is -0.130. The molecule has 1 amide bonds. The third-order valence-electron chi connectivity index (χ3n) is 4.48. The van der Waals surface area contributed by atoms with Crippen molar-refractivity contribution in [2.24, 2.45) is 0 Å². The molecule has 3 aromatic rings. The number of hydrogen-bond donors (Lipinski definition) is 2. The van der Waals surface area contributed by atoms with Crippen LogP contribution >= 0.6 is 0 Å². The number of nitrogens with one attached hydrogen (secondary N) is 1. The van der Waals surface area contributed by atoms with Crippen LogP contribution in [0.2, 0.25) is 0 Å². The summed E-state index contributed by atoms with van der Waals surface area (Å²) in [5, 5.41) is 13.7. The van der Waals surface area contributed by atoms with Gasteiger partial charge in [0.15, 0.2) is 0 Å². The molecule has 0 aliphatic carbocycles. The summed E-state index contributed by atoms with van der Waals surface area (Å²) >= 11 is 0. The van der Waals surface area contributed by atoms with Gasteiger partial charge >= 0.3 is 0 Å². The third kappa shape index (κ3) is 2.27. The number of para-hydroxylation sites is 1. The van der Waals surface area contributed by atoms with Crippen molar-refractivity contribution in [1.82, 2.24) is 0 Å². The summed E-state index contributed by atoms with van der Waals surface area (Å²) in [6.07, 6.45) is 0. The maximum atomic E-state index is 13.0. The largest absolute Gasteiger partial charge is 0.369 e. The summed E-state index contributed by atoms with van der Waals surface area (Å²) < 4.78 is 0. The van der Waals surface area contributed by atoms with Crippen molar-refractivity contribution in [3.8, 4) is 11.1 Å². The Morgan fingerprint density at radius 2 is 1.32 bits per heavy atom. The fraction of sp³-hybridized carbons (Fsp3) is 0.0476. The SMILES string of the molecule is O=C1Nc2c(cccc2-c2ccccc2)C(=O)[C@]1(O)c1ccccc1. The Labute approximate surface area is 144 Å². The fourth-order valence-corrected chi connectivity index (χ4v) is 3.18. The van der Waals surface area contributed by atoms with Gasteiger partial charge in [-0.15, -0.1) is 0 Å². The second-order valence-corrected chi connectivity index (χ2v) is 5.95. The van der Waals surface area contributed by atoms with Crippen molar-refractivity contribution < 1.29 is 14.7 Å². The molecule has 0 radical (unpaired) electrons. The topological polar surface area (TPSA) is 66.4 Å². The number of amides is 1. The third-order valence-corrected chi connectivity index (χ3v) is 4.48. The number of hydrogen-bond acceptors (Lipinski definition) is 3. The van der Waals surface area contributed by atoms with Crippen molar-refractivity contribution in [2.75, 3.05) is 5.32 Å². The van der Waals surface area contributed by atoms with Gasteiger partial charge in [-0.3, -0.25) is 9.59 Å². The molecule has 3 aromatic carbocycles. The number of carbonyl (C=O) groups excluding carboxylic acids is 2. The summed E-state index contributed by atoms with van der Waals surface area (Å²) in [5.74, 6) is -1.35. The van der Waals surface area contributed by atoms with Crippen molar-refractivity contribution in [3.05, 3.63) is 90.0 Å². The van der Waals surface area contributed by atoms with E-state index in [1.807, 2.05) is 36.4 Å². The number of benzene rings is 3. The van der Waals surface area contributed by atoms with Gasteiger partial charge in [0.1, 0.15) is 0 Å². The van der Waals surface area contributed by atoms with Gasteiger partial charge in [-0.2, -0.15) is 0 Å². The Hall–Kier alpha value is -3.24. The molecule has 1 heterocycles. The van der Waals surface area contributed by atoms with Crippen molar-refractivity contribution in [1.29, 1.82) is 0 Å². The Morgan fingerprint density at radius 1 is 0.720 bits per heavy atom. The highest BCUT2D eigenvalue weighted by atomic mass is 16.3. The number of fused-ring (bicyclic) bond motifs is 1. The summed E-state index contributed by atoms with van der Waals surface area (Å²) in [7, 11) is 0. The Morgan fingerprint density at radius 3 is 2.00 bits per heavy atom. The first-order chi connectivity index (χ1) is 12.1. The predicted octanol–water partition coefficient (Wildman–Crippen LogP) is 3.38. The molecule has 4 heteroatoms. The molecular weight excluding hydrogens is 314 g/mol. The van der Waals surface area contributed by atoms with Crippen molar-refractivity contribution in [2.45, 2.75) is 5.60 Å². The van der Waals surface area contributed by atoms with E-state index in [-0.39, 0.29) is 5.56 Å². The molecule has 25 heavy (non-hydrogen) atoms. The van der Waals surface area contributed by atoms with E-state index in [9.17, 15) is 14.7 Å². The smallest absolute Gasteiger partial charge is 0.269 e. The van der Waals surface area contributed by atoms with Crippen LogP contribution in [0.1, 0.15) is 15.9 Å². The van der Waals surface area contributed by atoms with E-state index in [0.29, 0.717) is 11.3 Å². The van der Waals surface area contributed by atoms with Gasteiger partial charge in [-0.05, 0) is 11.6 Å². The van der Waals surface area contributed by atoms with E-state index in [0.717, 1.165) is 11.1 Å². The molecule has 0 unspecified atom stereocenters. The van der Waals surface area contributed by atoms with Gasteiger partial charge in [0.2, 0.25) is 11.4 Å². The standard InChI is InChI=1S/C21H15NO3/c23-19-17-13-7-12-16(14-8-3-1-4-9-14)18(17)22-20(24)21(19,25)15-10-5-2-6-11-15/h1-13,25H,(H,22,24)/t21-/m1/s1. The highest BCUT2D eigenvalue weighted by Gasteiger charge is 2.50. The van der Waals surface area contributed by atoms with Crippen LogP contribution in [0.15, 0.2) is 78.9 Å². The number of Topliss-reactive ketones (excluding diaryl/α,β-unsaturated/α-hetero) is 1. The number of ketones is 1. The zero-order valence-electron chi connectivity index (χ0n) is 13.3. The molecule has 4 rings (SSSR count). The van der Waals surface area contributed by atoms with Gasteiger partial charge in [-0.1, -0.05) is 72.8 Å². The van der Waals surface area contributed by atoms with Crippen molar-refractivity contribution in [3.63, 3.8) is 0 Å². The second kappa shape index (κ2) is 5.69. The van der Waals surface area contributed by atoms with E-state index < -0.39 is 17.3 Å². The van der Waals surface area contributed by atoms with Gasteiger partial charge in [0.05, 0.1) is 5.69 Å². The minimum atomic E-state index is -2.22. The molecule has 1 aliphatic heterocycles. The first-order valence-corrected chi connectivity index (χ1v) is 7.95. The van der Waals surface area contributed by atoms with Crippen molar-refractivity contribution >= 4 is 17.4 Å². The van der Waals surface area contributed by atoms with E-state index in [1.165, 1.54) is 0 Å². The van der Waals surface area contributed by atoms with E-state index in [1.54, 1.807) is 42.5 Å². The summed E-state index contributed by atoms with van der Waals surface area (Å²) in [6.45, 7) is 0. The quantitative estimate of drug-likeness (QED) is 0.708. The number of rotatable bonds is 2. The van der Waals surface area contributed by atoms with Gasteiger partial charge in [-0.25, -0.2) is 0 Å². The number of aliphatic hydroxyl groups is 1. The first-order valence-electron chi connectivity index (χ1n) is 7.95. The number of anilines is 1. The second-order valence-electron chi connectivity index (χ2n) is 5.95. The monoisotopic (exact) mass is 329 g/mol. The van der Waals surface area contributed by atoms with Crippen LogP contribution in [0.4, 0.5) is 5.69 Å². The van der Waals surface area contributed by atoms with Crippen LogP contribution in [0.25, 0.3) is 11.1 Å². The van der Waals surface area contributed by atoms with Gasteiger partial charge in [0.25, 0.3) is 5.91 Å². The Balaban J connectivity index is 1.89. The molecule has 0 bridgehead atoms. The molecule has 0 saturated carbocycles. The zero-order valence-corrected chi connectivity index (χ0v) is 13.3. The predicted molar refractivity (Wildman–Crippen MR) is 95.2 cm³/mol. The highest BCUT2D eigenvalue weighted by molar-refractivity contribution is 6.27. The maximum Gasteiger partial charge on any atom is 0.269 e. The molecule has 2 N–H and O–H groups in total. The van der Waals surface area contributed by atoms with Crippen LogP contribution in [-0.4, -0.2) is 16.8 Å². The van der Waals surface area contributed by atoms with Crippen LogP contribution in [0.5, 0.6) is 0 Å². The average molecular weight is 329 g/mol. The van der Waals surface area contributed by atoms with E-state index in [2.05, 4.69) is 5.32 Å². The van der Waals surface area contributed by atoms with Crippen LogP contribution in [0.3, 0.4) is 0 Å². The van der Waals surface area contributed by atoms with Crippen LogP contribution < -0.4 is 5.32 Å². The van der Waals surface area contributed by atoms with Gasteiger partial charge in [0, 0.05) is 16.7 Å². The van der Waals surface area contributed by atoms with E-state index in [4.69, 9.17) is 0 Å². The summed E-state index contributed by atoms with van der Waals surface area (Å²) in [5.41, 5.74) is 0.404. The Bertz CT molecular complexity index is 967. The van der Waals surface area contributed by atoms with Crippen LogP contribution in [0, 0.1) is 0 Å². The molecule has 1 atom stereocenters. The zero-order chi connectivity index (χ0) is 17.4. The normalized spacial score (nSPS) is 19.2. The maximum absolute atomic E-state index is 13.0. The molecule has 0 aromatic heterocycles.